The van der Waals surface area contributed by atoms with E-state index in [1.165, 1.54) is 0 Å². The van der Waals surface area contributed by atoms with Crippen molar-refractivity contribution in [2.45, 2.75) is 6.92 Å². The molecule has 0 heterocycles. The average molecular weight is 330 g/mol. The summed E-state index contributed by atoms with van der Waals surface area (Å²) in [5.41, 5.74) is 7.34. The van der Waals surface area contributed by atoms with Crippen molar-refractivity contribution in [1.82, 2.24) is 0 Å². The van der Waals surface area contributed by atoms with Gasteiger partial charge < -0.3 is 25.3 Å². The van der Waals surface area contributed by atoms with Crippen molar-refractivity contribution >= 4 is 17.3 Å². The second kappa shape index (κ2) is 8.79. The molecule has 1 amide bonds. The molecular formula is C18H22N2O4. The monoisotopic (exact) mass is 330 g/mol. The summed E-state index contributed by atoms with van der Waals surface area (Å²) in [7, 11) is 1.54. The quantitative estimate of drug-likeness (QED) is 0.574. The van der Waals surface area contributed by atoms with Crippen LogP contribution in [0.3, 0.4) is 0 Å². The minimum atomic E-state index is -0.272. The third-order valence-corrected chi connectivity index (χ3v) is 3.31. The van der Waals surface area contributed by atoms with Crippen LogP contribution in [-0.4, -0.2) is 32.8 Å². The number of anilines is 2. The molecule has 0 saturated heterocycles. The molecule has 0 bridgehead atoms. The van der Waals surface area contributed by atoms with Gasteiger partial charge in [-0.05, 0) is 37.3 Å². The maximum atomic E-state index is 12.5. The van der Waals surface area contributed by atoms with Crippen LogP contribution in [0.2, 0.25) is 0 Å². The summed E-state index contributed by atoms with van der Waals surface area (Å²) < 4.78 is 16.0. The third kappa shape index (κ3) is 4.63. The lowest BCUT2D eigenvalue weighted by Gasteiger charge is -2.12. The fourth-order valence-electron chi connectivity index (χ4n) is 2.15. The van der Waals surface area contributed by atoms with Crippen molar-refractivity contribution < 1.29 is 19.0 Å². The minimum absolute atomic E-state index is 0.272. The minimum Gasteiger partial charge on any atom is -0.495 e. The topological polar surface area (TPSA) is 82.8 Å². The van der Waals surface area contributed by atoms with E-state index in [0.717, 1.165) is 0 Å². The van der Waals surface area contributed by atoms with Crippen molar-refractivity contribution in [3.05, 3.63) is 48.0 Å². The number of benzene rings is 2. The van der Waals surface area contributed by atoms with E-state index in [-0.39, 0.29) is 5.91 Å². The van der Waals surface area contributed by atoms with Gasteiger partial charge in [-0.3, -0.25) is 4.79 Å². The number of ether oxygens (including phenoxy) is 3. The van der Waals surface area contributed by atoms with Gasteiger partial charge in [-0.15, -0.1) is 0 Å². The number of rotatable bonds is 8. The largest absolute Gasteiger partial charge is 0.495 e. The predicted octanol–water partition coefficient (Wildman–Crippen LogP) is 2.95. The highest BCUT2D eigenvalue weighted by molar-refractivity contribution is 6.06. The molecule has 0 spiro atoms. The summed E-state index contributed by atoms with van der Waals surface area (Å²) in [6.07, 6.45) is 0. The van der Waals surface area contributed by atoms with Crippen molar-refractivity contribution in [2.75, 3.05) is 38.0 Å². The highest BCUT2D eigenvalue weighted by Crippen LogP contribution is 2.26. The Morgan fingerprint density at radius 1 is 1.12 bits per heavy atom. The van der Waals surface area contributed by atoms with Gasteiger partial charge in [0.15, 0.2) is 0 Å². The molecular weight excluding hydrogens is 308 g/mol. The Labute approximate surface area is 141 Å². The van der Waals surface area contributed by atoms with Crippen LogP contribution >= 0.6 is 0 Å². The van der Waals surface area contributed by atoms with Gasteiger partial charge in [-0.1, -0.05) is 12.1 Å². The van der Waals surface area contributed by atoms with Gasteiger partial charge in [-0.2, -0.15) is 0 Å². The smallest absolute Gasteiger partial charge is 0.259 e. The summed E-state index contributed by atoms with van der Waals surface area (Å²) in [6.45, 7) is 3.40. The number of carbonyl (C=O) groups is 1. The number of methoxy groups -OCH3 is 1. The molecule has 0 fully saturated rings. The van der Waals surface area contributed by atoms with E-state index in [1.54, 1.807) is 43.5 Å². The summed E-state index contributed by atoms with van der Waals surface area (Å²) in [6, 6.07) is 12.1. The lowest BCUT2D eigenvalue weighted by Crippen LogP contribution is -2.15. The second-order valence-electron chi connectivity index (χ2n) is 4.95. The summed E-state index contributed by atoms with van der Waals surface area (Å²) in [5.74, 6) is 0.801. The molecule has 0 aliphatic rings. The van der Waals surface area contributed by atoms with Gasteiger partial charge in [0.1, 0.15) is 18.1 Å². The third-order valence-electron chi connectivity index (χ3n) is 3.31. The van der Waals surface area contributed by atoms with Crippen molar-refractivity contribution in [3.63, 3.8) is 0 Å². The number of nitrogens with one attached hydrogen (secondary N) is 1. The van der Waals surface area contributed by atoms with Crippen LogP contribution < -0.4 is 20.5 Å². The summed E-state index contributed by atoms with van der Waals surface area (Å²) in [5, 5.41) is 2.81. The fraction of sp³-hybridized carbons (Fsp3) is 0.278. The van der Waals surface area contributed by atoms with E-state index in [2.05, 4.69) is 5.32 Å². The zero-order chi connectivity index (χ0) is 17.4. The van der Waals surface area contributed by atoms with Crippen LogP contribution in [0.15, 0.2) is 42.5 Å². The predicted molar refractivity (Wildman–Crippen MR) is 93.8 cm³/mol. The standard InChI is InChI=1S/C18H22N2O4/c1-3-23-10-11-24-16-7-5-4-6-14(16)18(21)20-13-8-9-17(22-2)15(19)12-13/h4-9,12H,3,10-11,19H2,1-2H3,(H,20,21). The molecule has 0 radical (unpaired) electrons. The van der Waals surface area contributed by atoms with Crippen molar-refractivity contribution in [2.24, 2.45) is 0 Å². The maximum Gasteiger partial charge on any atom is 0.259 e. The van der Waals surface area contributed by atoms with Crippen LogP contribution in [0.1, 0.15) is 17.3 Å². The number of nitrogens with two attached hydrogens (primary N) is 1. The zero-order valence-electron chi connectivity index (χ0n) is 13.9. The number of nitrogen functional groups attached to an aromatic ring is 1. The highest BCUT2D eigenvalue weighted by atomic mass is 16.5. The van der Waals surface area contributed by atoms with Gasteiger partial charge in [-0.25, -0.2) is 0 Å². The van der Waals surface area contributed by atoms with E-state index in [9.17, 15) is 4.79 Å². The molecule has 3 N–H and O–H groups in total. The zero-order valence-corrected chi connectivity index (χ0v) is 13.9. The van der Waals surface area contributed by atoms with Crippen LogP contribution in [0, 0.1) is 0 Å². The Morgan fingerprint density at radius 2 is 1.92 bits per heavy atom. The van der Waals surface area contributed by atoms with Gasteiger partial charge in [0.25, 0.3) is 5.91 Å². The van der Waals surface area contributed by atoms with Crippen molar-refractivity contribution in [1.29, 1.82) is 0 Å². The Bertz CT molecular complexity index is 688. The van der Waals surface area contributed by atoms with Gasteiger partial charge >= 0.3 is 0 Å². The SMILES string of the molecule is CCOCCOc1ccccc1C(=O)Nc1ccc(OC)c(N)c1. The number of carbonyl (C=O) groups excluding carboxylic acids is 1. The van der Waals surface area contributed by atoms with Gasteiger partial charge in [0, 0.05) is 12.3 Å². The van der Waals surface area contributed by atoms with E-state index in [0.29, 0.717) is 48.3 Å². The summed E-state index contributed by atoms with van der Waals surface area (Å²) in [4.78, 5) is 12.5. The molecule has 2 aromatic carbocycles. The first-order chi connectivity index (χ1) is 11.7. The molecule has 6 heteroatoms. The normalized spacial score (nSPS) is 10.2. The number of hydrogen-bond acceptors (Lipinski definition) is 5. The molecule has 2 rings (SSSR count). The highest BCUT2D eigenvalue weighted by Gasteiger charge is 2.13. The number of hydrogen-bond donors (Lipinski definition) is 2. The first-order valence-electron chi connectivity index (χ1n) is 7.70. The molecule has 6 nitrogen and oxygen atoms in total. The average Bonchev–Trinajstić information content (AvgIpc) is 2.59. The van der Waals surface area contributed by atoms with Gasteiger partial charge in [0.2, 0.25) is 0 Å². The van der Waals surface area contributed by atoms with E-state index in [1.807, 2.05) is 13.0 Å². The molecule has 0 unspecified atom stereocenters. The molecule has 0 atom stereocenters. The van der Waals surface area contributed by atoms with Crippen LogP contribution in [0.5, 0.6) is 11.5 Å². The molecule has 0 aliphatic heterocycles. The maximum absolute atomic E-state index is 12.5. The lowest BCUT2D eigenvalue weighted by atomic mass is 10.1. The Kier molecular flexibility index (Phi) is 6.45. The molecule has 0 aliphatic carbocycles. The molecule has 0 aromatic heterocycles. The lowest BCUT2D eigenvalue weighted by molar-refractivity contribution is 0.0998. The molecule has 2 aromatic rings. The Hall–Kier alpha value is -2.73. The van der Waals surface area contributed by atoms with E-state index in [4.69, 9.17) is 19.9 Å². The molecule has 128 valence electrons. The van der Waals surface area contributed by atoms with Crippen molar-refractivity contribution in [3.8, 4) is 11.5 Å². The Balaban J connectivity index is 2.08. The van der Waals surface area contributed by atoms with E-state index < -0.39 is 0 Å². The van der Waals surface area contributed by atoms with Crippen LogP contribution in [-0.2, 0) is 4.74 Å². The first-order valence-corrected chi connectivity index (χ1v) is 7.70. The van der Waals surface area contributed by atoms with Gasteiger partial charge in [0.05, 0.1) is 25.0 Å². The number of para-hydroxylation sites is 1. The molecule has 0 saturated carbocycles. The van der Waals surface area contributed by atoms with E-state index >= 15 is 0 Å². The van der Waals surface area contributed by atoms with Crippen LogP contribution in [0.4, 0.5) is 11.4 Å². The van der Waals surface area contributed by atoms with Crippen LogP contribution in [0.25, 0.3) is 0 Å². The summed E-state index contributed by atoms with van der Waals surface area (Å²) >= 11 is 0. The molecule has 24 heavy (non-hydrogen) atoms. The fourth-order valence-corrected chi connectivity index (χ4v) is 2.15. The first kappa shape index (κ1) is 17.6. The number of amides is 1. The Morgan fingerprint density at radius 3 is 2.62 bits per heavy atom. The second-order valence-corrected chi connectivity index (χ2v) is 4.95.